The highest BCUT2D eigenvalue weighted by molar-refractivity contribution is 5.94. The van der Waals surface area contributed by atoms with Crippen molar-refractivity contribution in [3.63, 3.8) is 0 Å². The van der Waals surface area contributed by atoms with Gasteiger partial charge in [-0.15, -0.1) is 0 Å². The van der Waals surface area contributed by atoms with Crippen molar-refractivity contribution in [1.82, 2.24) is 9.55 Å². The average Bonchev–Trinajstić information content (AvgIpc) is 3.20. The predicted octanol–water partition coefficient (Wildman–Crippen LogP) is 1.50. The Hall–Kier alpha value is -3.03. The number of anilines is 2. The summed E-state index contributed by atoms with van der Waals surface area (Å²) in [5.74, 6) is 0.397. The molecule has 0 atom stereocenters. The van der Waals surface area contributed by atoms with Crippen LogP contribution in [0, 0.1) is 5.92 Å². The number of ether oxygens (including phenoxy) is 1. The maximum absolute atomic E-state index is 12.3. The van der Waals surface area contributed by atoms with Crippen LogP contribution in [0.1, 0.15) is 31.2 Å². The molecule has 8 nitrogen and oxygen atoms in total. The van der Waals surface area contributed by atoms with Crippen LogP contribution in [0.3, 0.4) is 0 Å². The minimum atomic E-state index is -0.676. The van der Waals surface area contributed by atoms with Crippen molar-refractivity contribution in [2.45, 2.75) is 38.6 Å². The van der Waals surface area contributed by atoms with Gasteiger partial charge in [0.25, 0.3) is 5.56 Å². The number of H-pyrrole nitrogens is 1. The summed E-state index contributed by atoms with van der Waals surface area (Å²) < 4.78 is 6.40. The Bertz CT molecular complexity index is 924. The lowest BCUT2D eigenvalue weighted by atomic mass is 10.1. The SMILES string of the molecule is COc1ccc(CCn2c(N)c(NC(=O)C3CCCC3)c(=O)[nH]c2=O)cc1. The van der Waals surface area contributed by atoms with E-state index in [0.717, 1.165) is 37.0 Å². The molecule has 0 saturated heterocycles. The molecule has 1 saturated carbocycles. The van der Waals surface area contributed by atoms with Crippen LogP contribution in [0.2, 0.25) is 0 Å². The van der Waals surface area contributed by atoms with Crippen molar-refractivity contribution in [3.05, 3.63) is 50.7 Å². The molecular formula is C19H24N4O4. The number of aromatic amines is 1. The quantitative estimate of drug-likeness (QED) is 0.710. The monoisotopic (exact) mass is 372 g/mol. The molecule has 3 rings (SSSR count). The summed E-state index contributed by atoms with van der Waals surface area (Å²) in [6.45, 7) is 0.278. The third-order valence-corrected chi connectivity index (χ3v) is 5.00. The molecule has 0 spiro atoms. The molecule has 1 aliphatic rings. The van der Waals surface area contributed by atoms with Gasteiger partial charge in [-0.05, 0) is 37.0 Å². The van der Waals surface area contributed by atoms with E-state index >= 15 is 0 Å². The minimum Gasteiger partial charge on any atom is -0.497 e. The van der Waals surface area contributed by atoms with Crippen molar-refractivity contribution in [2.75, 3.05) is 18.2 Å². The Balaban J connectivity index is 1.79. The van der Waals surface area contributed by atoms with Crippen LogP contribution in [0.5, 0.6) is 5.75 Å². The Morgan fingerprint density at radius 3 is 2.56 bits per heavy atom. The average molecular weight is 372 g/mol. The zero-order valence-corrected chi connectivity index (χ0v) is 15.3. The molecule has 1 fully saturated rings. The van der Waals surface area contributed by atoms with Gasteiger partial charge in [0.05, 0.1) is 7.11 Å². The highest BCUT2D eigenvalue weighted by Gasteiger charge is 2.24. The smallest absolute Gasteiger partial charge is 0.330 e. The van der Waals surface area contributed by atoms with Gasteiger partial charge in [0.15, 0.2) is 0 Å². The molecular weight excluding hydrogens is 348 g/mol. The number of hydrogen-bond donors (Lipinski definition) is 3. The minimum absolute atomic E-state index is 0.0244. The first-order chi connectivity index (χ1) is 13.0. The molecule has 0 aliphatic heterocycles. The summed E-state index contributed by atoms with van der Waals surface area (Å²) >= 11 is 0. The number of carbonyl (C=O) groups excluding carboxylic acids is 1. The topological polar surface area (TPSA) is 119 Å². The number of nitrogen functional groups attached to an aromatic ring is 1. The van der Waals surface area contributed by atoms with Gasteiger partial charge in [0.1, 0.15) is 17.3 Å². The fraction of sp³-hybridized carbons (Fsp3) is 0.421. The van der Waals surface area contributed by atoms with Crippen molar-refractivity contribution in [2.24, 2.45) is 5.92 Å². The number of amides is 1. The van der Waals surface area contributed by atoms with Crippen molar-refractivity contribution >= 4 is 17.4 Å². The van der Waals surface area contributed by atoms with E-state index < -0.39 is 11.2 Å². The fourth-order valence-corrected chi connectivity index (χ4v) is 3.38. The van der Waals surface area contributed by atoms with Crippen LogP contribution in [0.15, 0.2) is 33.9 Å². The first-order valence-electron chi connectivity index (χ1n) is 9.06. The maximum Gasteiger partial charge on any atom is 0.330 e. The van der Waals surface area contributed by atoms with E-state index in [9.17, 15) is 14.4 Å². The number of hydrogen-bond acceptors (Lipinski definition) is 5. The van der Waals surface area contributed by atoms with Crippen LogP contribution in [-0.2, 0) is 17.8 Å². The van der Waals surface area contributed by atoms with Crippen molar-refractivity contribution < 1.29 is 9.53 Å². The summed E-state index contributed by atoms with van der Waals surface area (Å²) in [5.41, 5.74) is 5.72. The van der Waals surface area contributed by atoms with Gasteiger partial charge in [0, 0.05) is 12.5 Å². The van der Waals surface area contributed by atoms with Gasteiger partial charge >= 0.3 is 5.69 Å². The molecule has 2 aromatic rings. The summed E-state index contributed by atoms with van der Waals surface area (Å²) in [6.07, 6.45) is 4.16. The first-order valence-corrected chi connectivity index (χ1v) is 9.06. The number of carbonyl (C=O) groups is 1. The lowest BCUT2D eigenvalue weighted by Gasteiger charge is -2.15. The Morgan fingerprint density at radius 1 is 1.26 bits per heavy atom. The molecule has 144 valence electrons. The van der Waals surface area contributed by atoms with Gasteiger partial charge < -0.3 is 15.8 Å². The summed E-state index contributed by atoms with van der Waals surface area (Å²) in [4.78, 5) is 38.9. The Kier molecular flexibility index (Phi) is 5.63. The molecule has 1 heterocycles. The number of nitrogens with two attached hydrogens (primary N) is 1. The van der Waals surface area contributed by atoms with Crippen LogP contribution in [-0.4, -0.2) is 22.6 Å². The molecule has 0 unspecified atom stereocenters. The van der Waals surface area contributed by atoms with E-state index in [1.165, 1.54) is 4.57 Å². The second-order valence-electron chi connectivity index (χ2n) is 6.74. The third-order valence-electron chi connectivity index (χ3n) is 5.00. The van der Waals surface area contributed by atoms with Crippen molar-refractivity contribution in [1.29, 1.82) is 0 Å². The number of rotatable bonds is 6. The Labute approximate surface area is 156 Å². The number of benzene rings is 1. The summed E-state index contributed by atoms with van der Waals surface area (Å²) in [7, 11) is 1.59. The van der Waals surface area contributed by atoms with Gasteiger partial charge in [-0.2, -0.15) is 0 Å². The van der Waals surface area contributed by atoms with E-state index in [2.05, 4.69) is 10.3 Å². The third kappa shape index (κ3) is 4.21. The van der Waals surface area contributed by atoms with E-state index in [-0.39, 0.29) is 29.9 Å². The van der Waals surface area contributed by atoms with E-state index in [1.54, 1.807) is 7.11 Å². The highest BCUT2D eigenvalue weighted by atomic mass is 16.5. The van der Waals surface area contributed by atoms with Crippen LogP contribution in [0.4, 0.5) is 11.5 Å². The summed E-state index contributed by atoms with van der Waals surface area (Å²) in [6, 6.07) is 7.46. The Morgan fingerprint density at radius 2 is 1.93 bits per heavy atom. The van der Waals surface area contributed by atoms with Gasteiger partial charge in [-0.1, -0.05) is 25.0 Å². The van der Waals surface area contributed by atoms with Crippen LogP contribution >= 0.6 is 0 Å². The lowest BCUT2D eigenvalue weighted by molar-refractivity contribution is -0.119. The van der Waals surface area contributed by atoms with Crippen LogP contribution in [0.25, 0.3) is 0 Å². The maximum atomic E-state index is 12.3. The molecule has 0 radical (unpaired) electrons. The molecule has 8 heteroatoms. The van der Waals surface area contributed by atoms with Gasteiger partial charge in [-0.25, -0.2) is 4.79 Å². The first kappa shape index (κ1) is 18.8. The van der Waals surface area contributed by atoms with E-state index in [0.29, 0.717) is 6.42 Å². The molecule has 1 aromatic carbocycles. The molecule has 1 amide bonds. The predicted molar refractivity (Wildman–Crippen MR) is 103 cm³/mol. The zero-order valence-electron chi connectivity index (χ0n) is 15.3. The number of aryl methyl sites for hydroxylation is 1. The molecule has 4 N–H and O–H groups in total. The van der Waals surface area contributed by atoms with Gasteiger partial charge in [0.2, 0.25) is 5.91 Å². The van der Waals surface area contributed by atoms with Crippen LogP contribution < -0.4 is 27.0 Å². The molecule has 0 bridgehead atoms. The lowest BCUT2D eigenvalue weighted by Crippen LogP contribution is -2.36. The largest absolute Gasteiger partial charge is 0.497 e. The second kappa shape index (κ2) is 8.11. The highest BCUT2D eigenvalue weighted by Crippen LogP contribution is 2.26. The molecule has 27 heavy (non-hydrogen) atoms. The molecule has 1 aliphatic carbocycles. The fourth-order valence-electron chi connectivity index (χ4n) is 3.38. The number of aromatic nitrogens is 2. The number of nitrogens with zero attached hydrogens (tertiary/aromatic N) is 1. The van der Waals surface area contributed by atoms with E-state index in [1.807, 2.05) is 24.3 Å². The normalized spacial score (nSPS) is 14.3. The standard InChI is InChI=1S/C19H24N4O4/c1-27-14-8-6-12(7-9-14)10-11-23-16(20)15(18(25)22-19(23)26)21-17(24)13-4-2-3-5-13/h6-9,13H,2-5,10-11,20H2,1H3,(H,21,24)(H,22,25,26). The van der Waals surface area contributed by atoms with E-state index in [4.69, 9.17) is 10.5 Å². The number of methoxy groups -OCH3 is 1. The zero-order chi connectivity index (χ0) is 19.4. The summed E-state index contributed by atoms with van der Waals surface area (Å²) in [5, 5.41) is 2.62. The van der Waals surface area contributed by atoms with Gasteiger partial charge in [-0.3, -0.25) is 19.1 Å². The van der Waals surface area contributed by atoms with Crippen molar-refractivity contribution in [3.8, 4) is 5.75 Å². The number of nitrogens with one attached hydrogen (secondary N) is 2. The second-order valence-corrected chi connectivity index (χ2v) is 6.74. The molecule has 1 aromatic heterocycles.